The quantitative estimate of drug-likeness (QED) is 0.562. The molecule has 3 aromatic rings. The molecule has 0 aliphatic carbocycles. The van der Waals surface area contributed by atoms with Crippen LogP contribution in [0.4, 0.5) is 25.0 Å². The SMILES string of the molecule is N#Cc1ccccc1-c1ccc(N2CC[C@@H](NC(=O)Nc3ccc(Cl)cc3)C2=O)c(F)c1F. The van der Waals surface area contributed by atoms with E-state index in [1.54, 1.807) is 36.4 Å². The molecule has 1 heterocycles. The molecule has 0 spiro atoms. The molecule has 4 rings (SSSR count). The minimum atomic E-state index is -1.19. The Morgan fingerprint density at radius 1 is 1.03 bits per heavy atom. The molecule has 1 aliphatic heterocycles. The summed E-state index contributed by atoms with van der Waals surface area (Å²) in [6.45, 7) is 0.106. The molecule has 3 aromatic carbocycles. The molecular formula is C24H17ClF2N4O2. The van der Waals surface area contributed by atoms with Crippen molar-refractivity contribution in [1.82, 2.24) is 5.32 Å². The molecule has 3 amide bonds. The van der Waals surface area contributed by atoms with Crippen LogP contribution in [0.2, 0.25) is 5.02 Å². The number of carbonyl (C=O) groups is 2. The number of nitrogens with zero attached hydrogens (tertiary/aromatic N) is 2. The largest absolute Gasteiger partial charge is 0.326 e. The molecule has 0 bridgehead atoms. The normalized spacial score (nSPS) is 15.3. The lowest BCUT2D eigenvalue weighted by molar-refractivity contribution is -0.118. The average Bonchev–Trinajstić information content (AvgIpc) is 3.17. The van der Waals surface area contributed by atoms with Crippen molar-refractivity contribution in [3.05, 3.63) is 82.9 Å². The van der Waals surface area contributed by atoms with Crippen LogP contribution in [0.15, 0.2) is 60.7 Å². The molecule has 6 nitrogen and oxygen atoms in total. The standard InChI is InChI=1S/C24H17ClF2N4O2/c25-15-5-7-16(8-6-15)29-24(33)30-19-11-12-31(23(19)32)20-10-9-18(21(26)22(20)27)17-4-2-1-3-14(17)13-28/h1-10,19H,11-12H2,(H2,29,30,33)/t19-/m1/s1. The lowest BCUT2D eigenvalue weighted by Gasteiger charge is -2.19. The lowest BCUT2D eigenvalue weighted by atomic mass is 9.99. The Labute approximate surface area is 193 Å². The first-order valence-electron chi connectivity index (χ1n) is 10.0. The molecule has 0 unspecified atom stereocenters. The van der Waals surface area contributed by atoms with Crippen molar-refractivity contribution in [1.29, 1.82) is 5.26 Å². The number of benzene rings is 3. The minimum absolute atomic E-state index is 0.0722. The Kier molecular flexibility index (Phi) is 6.24. The molecule has 1 atom stereocenters. The maximum atomic E-state index is 15.0. The first-order chi connectivity index (χ1) is 15.9. The molecular weight excluding hydrogens is 450 g/mol. The summed E-state index contributed by atoms with van der Waals surface area (Å²) in [5.74, 6) is -2.90. The first-order valence-corrected chi connectivity index (χ1v) is 10.4. The van der Waals surface area contributed by atoms with Gasteiger partial charge in [-0.2, -0.15) is 5.26 Å². The highest BCUT2D eigenvalue weighted by molar-refractivity contribution is 6.30. The van der Waals surface area contributed by atoms with Gasteiger partial charge >= 0.3 is 6.03 Å². The third-order valence-electron chi connectivity index (χ3n) is 5.30. The zero-order valence-corrected chi connectivity index (χ0v) is 17.9. The van der Waals surface area contributed by atoms with E-state index in [2.05, 4.69) is 10.6 Å². The Hall–Kier alpha value is -3.96. The van der Waals surface area contributed by atoms with Gasteiger partial charge in [0.05, 0.1) is 17.3 Å². The Bertz CT molecular complexity index is 1270. The van der Waals surface area contributed by atoms with Gasteiger partial charge in [0.25, 0.3) is 0 Å². The fraction of sp³-hybridized carbons (Fsp3) is 0.125. The van der Waals surface area contributed by atoms with Gasteiger partial charge in [0.15, 0.2) is 11.6 Å². The number of amides is 3. The van der Waals surface area contributed by atoms with Crippen molar-refractivity contribution in [2.45, 2.75) is 12.5 Å². The van der Waals surface area contributed by atoms with Crippen molar-refractivity contribution in [2.75, 3.05) is 16.8 Å². The molecule has 0 radical (unpaired) electrons. The summed E-state index contributed by atoms with van der Waals surface area (Å²) in [6.07, 6.45) is 0.229. The predicted octanol–water partition coefficient (Wildman–Crippen LogP) is 5.08. The van der Waals surface area contributed by atoms with Crippen LogP contribution in [-0.4, -0.2) is 24.5 Å². The van der Waals surface area contributed by atoms with Crippen molar-refractivity contribution in [3.63, 3.8) is 0 Å². The zero-order valence-electron chi connectivity index (χ0n) is 17.1. The van der Waals surface area contributed by atoms with Crippen LogP contribution in [0.25, 0.3) is 11.1 Å². The summed E-state index contributed by atoms with van der Waals surface area (Å²) in [4.78, 5) is 26.1. The van der Waals surface area contributed by atoms with Crippen LogP contribution in [0, 0.1) is 23.0 Å². The second-order valence-corrected chi connectivity index (χ2v) is 7.79. The predicted molar refractivity (Wildman–Crippen MR) is 121 cm³/mol. The fourth-order valence-electron chi connectivity index (χ4n) is 3.68. The van der Waals surface area contributed by atoms with Crippen LogP contribution in [0.1, 0.15) is 12.0 Å². The highest BCUT2D eigenvalue weighted by atomic mass is 35.5. The van der Waals surface area contributed by atoms with E-state index in [1.165, 1.54) is 24.3 Å². The monoisotopic (exact) mass is 466 g/mol. The molecule has 1 fully saturated rings. The van der Waals surface area contributed by atoms with Crippen molar-refractivity contribution in [2.24, 2.45) is 0 Å². The summed E-state index contributed by atoms with van der Waals surface area (Å²) in [7, 11) is 0. The number of urea groups is 1. The van der Waals surface area contributed by atoms with Gasteiger partial charge in [-0.3, -0.25) is 4.79 Å². The summed E-state index contributed by atoms with van der Waals surface area (Å²) in [6, 6.07) is 15.8. The van der Waals surface area contributed by atoms with Crippen molar-refractivity contribution in [3.8, 4) is 17.2 Å². The molecule has 1 aliphatic rings. The number of hydrogen-bond acceptors (Lipinski definition) is 3. The number of nitrogens with one attached hydrogen (secondary N) is 2. The van der Waals surface area contributed by atoms with E-state index < -0.39 is 29.6 Å². The van der Waals surface area contributed by atoms with Crippen molar-refractivity contribution < 1.29 is 18.4 Å². The van der Waals surface area contributed by atoms with E-state index in [0.717, 1.165) is 4.90 Å². The fourth-order valence-corrected chi connectivity index (χ4v) is 3.81. The van der Waals surface area contributed by atoms with E-state index in [0.29, 0.717) is 10.7 Å². The molecule has 1 saturated heterocycles. The molecule has 9 heteroatoms. The number of rotatable bonds is 4. The van der Waals surface area contributed by atoms with Gasteiger partial charge in [-0.25, -0.2) is 13.6 Å². The Balaban J connectivity index is 1.50. The van der Waals surface area contributed by atoms with Gasteiger partial charge in [-0.15, -0.1) is 0 Å². The van der Waals surface area contributed by atoms with Gasteiger partial charge in [-0.1, -0.05) is 29.8 Å². The summed E-state index contributed by atoms with van der Waals surface area (Å²) >= 11 is 5.81. The van der Waals surface area contributed by atoms with Gasteiger partial charge in [0.1, 0.15) is 6.04 Å². The third kappa shape index (κ3) is 4.49. The second-order valence-electron chi connectivity index (χ2n) is 7.35. The lowest BCUT2D eigenvalue weighted by Crippen LogP contribution is -2.43. The van der Waals surface area contributed by atoms with E-state index >= 15 is 0 Å². The van der Waals surface area contributed by atoms with Gasteiger partial charge in [0.2, 0.25) is 5.91 Å². The topological polar surface area (TPSA) is 85.2 Å². The van der Waals surface area contributed by atoms with Crippen LogP contribution >= 0.6 is 11.6 Å². The third-order valence-corrected chi connectivity index (χ3v) is 5.56. The maximum Gasteiger partial charge on any atom is 0.319 e. The zero-order chi connectivity index (χ0) is 23.5. The Morgan fingerprint density at radius 2 is 1.76 bits per heavy atom. The number of hydrogen-bond donors (Lipinski definition) is 2. The molecule has 2 N–H and O–H groups in total. The molecule has 0 saturated carbocycles. The molecule has 33 heavy (non-hydrogen) atoms. The van der Waals surface area contributed by atoms with Crippen LogP contribution in [0.5, 0.6) is 0 Å². The number of nitriles is 1. The molecule has 166 valence electrons. The van der Waals surface area contributed by atoms with E-state index in [9.17, 15) is 23.6 Å². The van der Waals surface area contributed by atoms with E-state index in [4.69, 9.17) is 11.6 Å². The minimum Gasteiger partial charge on any atom is -0.326 e. The number of carbonyl (C=O) groups excluding carboxylic acids is 2. The van der Waals surface area contributed by atoms with E-state index in [-0.39, 0.29) is 35.3 Å². The number of halogens is 3. The summed E-state index contributed by atoms with van der Waals surface area (Å²) < 4.78 is 29.9. The Morgan fingerprint density at radius 3 is 2.48 bits per heavy atom. The maximum absolute atomic E-state index is 15.0. The highest BCUT2D eigenvalue weighted by Gasteiger charge is 2.36. The van der Waals surface area contributed by atoms with E-state index in [1.807, 2.05) is 6.07 Å². The second kappa shape index (κ2) is 9.27. The highest BCUT2D eigenvalue weighted by Crippen LogP contribution is 2.33. The van der Waals surface area contributed by atoms with Gasteiger partial charge in [-0.05, 0) is 48.9 Å². The smallest absolute Gasteiger partial charge is 0.319 e. The average molecular weight is 467 g/mol. The first kappa shape index (κ1) is 22.2. The van der Waals surface area contributed by atoms with Crippen molar-refractivity contribution >= 4 is 34.9 Å². The summed E-state index contributed by atoms with van der Waals surface area (Å²) in [5.41, 5.74) is 0.654. The van der Waals surface area contributed by atoms with Gasteiger partial charge in [0, 0.05) is 28.4 Å². The number of anilines is 2. The van der Waals surface area contributed by atoms with Crippen LogP contribution in [-0.2, 0) is 4.79 Å². The van der Waals surface area contributed by atoms with Crippen LogP contribution < -0.4 is 15.5 Å². The summed E-state index contributed by atoms with van der Waals surface area (Å²) in [5, 5.41) is 14.9. The molecule has 0 aromatic heterocycles. The van der Waals surface area contributed by atoms with Crippen LogP contribution in [0.3, 0.4) is 0 Å². The van der Waals surface area contributed by atoms with Gasteiger partial charge < -0.3 is 15.5 Å².